The van der Waals surface area contributed by atoms with Gasteiger partial charge in [-0.2, -0.15) is 5.10 Å². The predicted molar refractivity (Wildman–Crippen MR) is 56.6 cm³/mol. The molecule has 0 unspecified atom stereocenters. The number of hydrogen-bond acceptors (Lipinski definition) is 3. The molecule has 1 saturated heterocycles. The van der Waals surface area contributed by atoms with Crippen molar-refractivity contribution in [1.29, 1.82) is 0 Å². The molecular formula is C10H16N4O. The summed E-state index contributed by atoms with van der Waals surface area (Å²) in [6.45, 7) is 3.46. The first-order valence-corrected chi connectivity index (χ1v) is 5.27. The molecule has 0 spiro atoms. The number of rotatable bonds is 1. The average molecular weight is 208 g/mol. The fourth-order valence-electron chi connectivity index (χ4n) is 1.74. The second-order valence-corrected chi connectivity index (χ2v) is 3.77. The Kier molecular flexibility index (Phi) is 3.01. The van der Waals surface area contributed by atoms with Crippen molar-refractivity contribution in [2.45, 2.75) is 6.42 Å². The highest BCUT2D eigenvalue weighted by Crippen LogP contribution is 2.03. The van der Waals surface area contributed by atoms with Crippen molar-refractivity contribution < 1.29 is 4.79 Å². The summed E-state index contributed by atoms with van der Waals surface area (Å²) in [7, 11) is 1.82. The van der Waals surface area contributed by atoms with Gasteiger partial charge in [-0.15, -0.1) is 0 Å². The Morgan fingerprint density at radius 2 is 2.33 bits per heavy atom. The molecule has 1 aromatic rings. The third kappa shape index (κ3) is 2.36. The molecule has 0 atom stereocenters. The predicted octanol–water partition coefficient (Wildman–Crippen LogP) is -0.144. The van der Waals surface area contributed by atoms with Gasteiger partial charge >= 0.3 is 0 Å². The van der Waals surface area contributed by atoms with Crippen molar-refractivity contribution >= 4 is 5.91 Å². The summed E-state index contributed by atoms with van der Waals surface area (Å²) >= 11 is 0. The van der Waals surface area contributed by atoms with Crippen LogP contribution >= 0.6 is 0 Å². The topological polar surface area (TPSA) is 50.2 Å². The summed E-state index contributed by atoms with van der Waals surface area (Å²) in [6, 6.07) is 1.76. The van der Waals surface area contributed by atoms with Crippen molar-refractivity contribution in [3.05, 3.63) is 18.0 Å². The lowest BCUT2D eigenvalue weighted by Crippen LogP contribution is -2.34. The summed E-state index contributed by atoms with van der Waals surface area (Å²) in [5.74, 6) is 0.0410. The molecule has 1 aliphatic rings. The highest BCUT2D eigenvalue weighted by molar-refractivity contribution is 5.92. The molecule has 0 saturated carbocycles. The summed E-state index contributed by atoms with van der Waals surface area (Å²) in [4.78, 5) is 13.9. The Hall–Kier alpha value is -1.36. The van der Waals surface area contributed by atoms with Gasteiger partial charge in [-0.05, 0) is 19.0 Å². The van der Waals surface area contributed by atoms with Gasteiger partial charge in [0.2, 0.25) is 0 Å². The van der Waals surface area contributed by atoms with Crippen molar-refractivity contribution in [3.8, 4) is 0 Å². The van der Waals surface area contributed by atoms with Crippen LogP contribution in [0.3, 0.4) is 0 Å². The minimum absolute atomic E-state index is 0.0410. The first-order valence-electron chi connectivity index (χ1n) is 5.27. The number of hydrogen-bond donors (Lipinski definition) is 1. The van der Waals surface area contributed by atoms with Crippen molar-refractivity contribution in [2.24, 2.45) is 7.05 Å². The molecule has 1 fully saturated rings. The van der Waals surface area contributed by atoms with E-state index in [1.165, 1.54) is 0 Å². The molecule has 0 aromatic carbocycles. The van der Waals surface area contributed by atoms with E-state index in [1.807, 2.05) is 11.9 Å². The van der Waals surface area contributed by atoms with Crippen LogP contribution in [0.2, 0.25) is 0 Å². The molecular weight excluding hydrogens is 192 g/mol. The van der Waals surface area contributed by atoms with E-state index in [9.17, 15) is 4.79 Å². The molecule has 1 N–H and O–H groups in total. The molecule has 82 valence electrons. The van der Waals surface area contributed by atoms with Crippen LogP contribution in [0.1, 0.15) is 16.9 Å². The standard InChI is InChI=1S/C10H16N4O/c1-13-7-3-9(12-13)10(15)14-6-2-4-11-5-8-14/h3,7,11H,2,4-6,8H2,1H3. The SMILES string of the molecule is Cn1ccc(C(=O)N2CCCNCC2)n1. The minimum Gasteiger partial charge on any atom is -0.336 e. The van der Waals surface area contributed by atoms with E-state index >= 15 is 0 Å². The zero-order valence-electron chi connectivity index (χ0n) is 8.94. The highest BCUT2D eigenvalue weighted by Gasteiger charge is 2.18. The Labute approximate surface area is 89.1 Å². The fraction of sp³-hybridized carbons (Fsp3) is 0.600. The van der Waals surface area contributed by atoms with Crippen molar-refractivity contribution in [2.75, 3.05) is 26.2 Å². The van der Waals surface area contributed by atoms with Crippen LogP contribution in [0.25, 0.3) is 0 Å². The molecule has 5 heteroatoms. The third-order valence-electron chi connectivity index (χ3n) is 2.56. The van der Waals surface area contributed by atoms with Crippen LogP contribution in [0, 0.1) is 0 Å². The first-order chi connectivity index (χ1) is 7.27. The Bertz CT molecular complexity index is 339. The average Bonchev–Trinajstić information content (AvgIpc) is 2.53. The maximum atomic E-state index is 12.0. The maximum Gasteiger partial charge on any atom is 0.274 e. The van der Waals surface area contributed by atoms with Gasteiger partial charge in [0.15, 0.2) is 0 Å². The smallest absolute Gasteiger partial charge is 0.274 e. The molecule has 5 nitrogen and oxygen atoms in total. The fourth-order valence-corrected chi connectivity index (χ4v) is 1.74. The largest absolute Gasteiger partial charge is 0.336 e. The van der Waals surface area contributed by atoms with E-state index in [4.69, 9.17) is 0 Å². The van der Waals surface area contributed by atoms with Crippen LogP contribution in [-0.2, 0) is 7.05 Å². The maximum absolute atomic E-state index is 12.0. The van der Waals surface area contributed by atoms with E-state index in [2.05, 4.69) is 10.4 Å². The van der Waals surface area contributed by atoms with Crippen LogP contribution in [0.4, 0.5) is 0 Å². The molecule has 1 aliphatic heterocycles. The lowest BCUT2D eigenvalue weighted by Gasteiger charge is -2.18. The van der Waals surface area contributed by atoms with Gasteiger partial charge in [0.25, 0.3) is 5.91 Å². The number of carbonyl (C=O) groups excluding carboxylic acids is 1. The normalized spacial score (nSPS) is 17.5. The molecule has 15 heavy (non-hydrogen) atoms. The van der Waals surface area contributed by atoms with Gasteiger partial charge in [0, 0.05) is 32.9 Å². The summed E-state index contributed by atoms with van der Waals surface area (Å²) in [5.41, 5.74) is 0.541. The molecule has 2 rings (SSSR count). The van der Waals surface area contributed by atoms with Crippen molar-refractivity contribution in [3.63, 3.8) is 0 Å². The molecule has 0 bridgehead atoms. The first kappa shape index (κ1) is 10.2. The third-order valence-corrected chi connectivity index (χ3v) is 2.56. The van der Waals surface area contributed by atoms with Gasteiger partial charge in [-0.1, -0.05) is 0 Å². The lowest BCUT2D eigenvalue weighted by molar-refractivity contribution is 0.0759. The van der Waals surface area contributed by atoms with Crippen molar-refractivity contribution in [1.82, 2.24) is 20.0 Å². The van der Waals surface area contributed by atoms with E-state index < -0.39 is 0 Å². The molecule has 0 aliphatic carbocycles. The second kappa shape index (κ2) is 4.44. The number of nitrogens with one attached hydrogen (secondary N) is 1. The number of nitrogens with zero attached hydrogens (tertiary/aromatic N) is 3. The zero-order chi connectivity index (χ0) is 10.7. The van der Waals surface area contributed by atoms with E-state index in [1.54, 1.807) is 16.9 Å². The van der Waals surface area contributed by atoms with Gasteiger partial charge in [0.05, 0.1) is 0 Å². The van der Waals surface area contributed by atoms with E-state index in [0.717, 1.165) is 32.6 Å². The monoisotopic (exact) mass is 208 g/mol. The quantitative estimate of drug-likeness (QED) is 0.698. The highest BCUT2D eigenvalue weighted by atomic mass is 16.2. The van der Waals surface area contributed by atoms with Crippen LogP contribution in [0.15, 0.2) is 12.3 Å². The molecule has 1 aromatic heterocycles. The zero-order valence-corrected chi connectivity index (χ0v) is 8.94. The number of aromatic nitrogens is 2. The Balaban J connectivity index is 2.06. The minimum atomic E-state index is 0.0410. The second-order valence-electron chi connectivity index (χ2n) is 3.77. The van der Waals surface area contributed by atoms with Gasteiger partial charge in [-0.25, -0.2) is 0 Å². The van der Waals surface area contributed by atoms with Crippen LogP contribution < -0.4 is 5.32 Å². The van der Waals surface area contributed by atoms with Gasteiger partial charge < -0.3 is 10.2 Å². The molecule has 0 radical (unpaired) electrons. The van der Waals surface area contributed by atoms with Gasteiger partial charge in [-0.3, -0.25) is 9.48 Å². The summed E-state index contributed by atoms with van der Waals surface area (Å²) in [6.07, 6.45) is 2.81. The van der Waals surface area contributed by atoms with Crippen LogP contribution in [-0.4, -0.2) is 46.8 Å². The van der Waals surface area contributed by atoms with Gasteiger partial charge in [0.1, 0.15) is 5.69 Å². The number of amides is 1. The van der Waals surface area contributed by atoms with E-state index in [-0.39, 0.29) is 5.91 Å². The molecule has 2 heterocycles. The van der Waals surface area contributed by atoms with E-state index in [0.29, 0.717) is 5.69 Å². The summed E-state index contributed by atoms with van der Waals surface area (Å²) in [5, 5.41) is 7.39. The Morgan fingerprint density at radius 1 is 1.47 bits per heavy atom. The lowest BCUT2D eigenvalue weighted by atomic mass is 10.3. The van der Waals surface area contributed by atoms with Crippen LogP contribution in [0.5, 0.6) is 0 Å². The number of aryl methyl sites for hydroxylation is 1. The summed E-state index contributed by atoms with van der Waals surface area (Å²) < 4.78 is 1.66. The molecule has 1 amide bonds. The Morgan fingerprint density at radius 3 is 3.07 bits per heavy atom. The number of carbonyl (C=O) groups is 1.